The summed E-state index contributed by atoms with van der Waals surface area (Å²) >= 11 is 5.93. The molecule has 0 aliphatic heterocycles. The molecule has 2 nitrogen and oxygen atoms in total. The molecular weight excluding hydrogens is 244 g/mol. The minimum atomic E-state index is 0.417. The molecule has 1 aromatic rings. The molecule has 1 fully saturated rings. The molecule has 1 saturated carbocycles. The molecule has 18 heavy (non-hydrogen) atoms. The summed E-state index contributed by atoms with van der Waals surface area (Å²) in [6.07, 6.45) is 4.95. The Morgan fingerprint density at radius 2 is 2.22 bits per heavy atom. The van der Waals surface area contributed by atoms with Crippen LogP contribution in [0.25, 0.3) is 0 Å². The SMILES string of the molecule is CC1(C)CCCC(Nc2ccc(Cl)c(C#N)c2)C1. The van der Waals surface area contributed by atoms with Crippen LogP contribution in [0, 0.1) is 16.7 Å². The summed E-state index contributed by atoms with van der Waals surface area (Å²) < 4.78 is 0. The van der Waals surface area contributed by atoms with Crippen molar-refractivity contribution in [1.29, 1.82) is 5.26 Å². The first-order chi connectivity index (χ1) is 8.50. The van der Waals surface area contributed by atoms with Gasteiger partial charge >= 0.3 is 0 Å². The van der Waals surface area contributed by atoms with Gasteiger partial charge < -0.3 is 5.32 Å². The number of anilines is 1. The van der Waals surface area contributed by atoms with Crippen molar-refractivity contribution in [2.24, 2.45) is 5.41 Å². The van der Waals surface area contributed by atoms with E-state index in [-0.39, 0.29) is 0 Å². The summed E-state index contributed by atoms with van der Waals surface area (Å²) in [7, 11) is 0. The fraction of sp³-hybridized carbons (Fsp3) is 0.533. The Bertz CT molecular complexity index is 474. The number of nitrogens with one attached hydrogen (secondary N) is 1. The molecule has 0 amide bonds. The number of halogens is 1. The van der Waals surface area contributed by atoms with E-state index in [1.807, 2.05) is 12.1 Å². The van der Waals surface area contributed by atoms with Crippen molar-refractivity contribution in [2.45, 2.75) is 45.6 Å². The lowest BCUT2D eigenvalue weighted by Crippen LogP contribution is -2.31. The molecule has 0 aromatic heterocycles. The van der Waals surface area contributed by atoms with Gasteiger partial charge in [0.05, 0.1) is 10.6 Å². The van der Waals surface area contributed by atoms with Crippen LogP contribution >= 0.6 is 11.6 Å². The van der Waals surface area contributed by atoms with E-state index < -0.39 is 0 Å². The van der Waals surface area contributed by atoms with E-state index >= 15 is 0 Å². The van der Waals surface area contributed by atoms with Gasteiger partial charge in [-0.25, -0.2) is 0 Å². The van der Waals surface area contributed by atoms with E-state index in [2.05, 4.69) is 25.2 Å². The van der Waals surface area contributed by atoms with E-state index in [0.29, 0.717) is 22.0 Å². The van der Waals surface area contributed by atoms with Crippen LogP contribution in [0.5, 0.6) is 0 Å². The first-order valence-electron chi connectivity index (χ1n) is 6.46. The Morgan fingerprint density at radius 3 is 2.89 bits per heavy atom. The van der Waals surface area contributed by atoms with Crippen molar-refractivity contribution in [2.75, 3.05) is 5.32 Å². The van der Waals surface area contributed by atoms with Crippen molar-refractivity contribution >= 4 is 17.3 Å². The second kappa shape index (κ2) is 5.20. The van der Waals surface area contributed by atoms with Crippen molar-refractivity contribution in [1.82, 2.24) is 0 Å². The Kier molecular flexibility index (Phi) is 3.82. The molecule has 1 unspecified atom stereocenters. The minimum Gasteiger partial charge on any atom is -0.382 e. The van der Waals surface area contributed by atoms with Crippen LogP contribution in [0.4, 0.5) is 5.69 Å². The fourth-order valence-corrected chi connectivity index (χ4v) is 2.92. The average Bonchev–Trinajstić information content (AvgIpc) is 2.30. The molecule has 0 saturated heterocycles. The van der Waals surface area contributed by atoms with Gasteiger partial charge in [0.25, 0.3) is 0 Å². The topological polar surface area (TPSA) is 35.8 Å². The Balaban J connectivity index is 2.08. The Morgan fingerprint density at radius 1 is 1.44 bits per heavy atom. The second-order valence-electron chi connectivity index (χ2n) is 5.91. The summed E-state index contributed by atoms with van der Waals surface area (Å²) in [5.74, 6) is 0. The fourth-order valence-electron chi connectivity index (χ4n) is 2.76. The highest BCUT2D eigenvalue weighted by Gasteiger charge is 2.27. The molecule has 1 aliphatic carbocycles. The van der Waals surface area contributed by atoms with Gasteiger partial charge in [0.15, 0.2) is 0 Å². The summed E-state index contributed by atoms with van der Waals surface area (Å²) in [6.45, 7) is 4.65. The van der Waals surface area contributed by atoms with Crippen LogP contribution in [-0.4, -0.2) is 6.04 Å². The minimum absolute atomic E-state index is 0.417. The maximum Gasteiger partial charge on any atom is 0.101 e. The molecule has 0 spiro atoms. The van der Waals surface area contributed by atoms with Gasteiger partial charge in [-0.15, -0.1) is 0 Å². The average molecular weight is 263 g/mol. The summed E-state index contributed by atoms with van der Waals surface area (Å²) in [5.41, 5.74) is 1.95. The van der Waals surface area contributed by atoms with Crippen molar-refractivity contribution in [3.8, 4) is 6.07 Å². The molecule has 0 heterocycles. The maximum absolute atomic E-state index is 8.97. The number of hydrogen-bond donors (Lipinski definition) is 1. The van der Waals surface area contributed by atoms with Gasteiger partial charge in [0.1, 0.15) is 6.07 Å². The normalized spacial score (nSPS) is 22.2. The third kappa shape index (κ3) is 3.17. The van der Waals surface area contributed by atoms with Crippen molar-refractivity contribution in [3.63, 3.8) is 0 Å². The number of nitrogens with zero attached hydrogens (tertiary/aromatic N) is 1. The molecule has 1 aromatic carbocycles. The predicted octanol–water partition coefficient (Wildman–Crippen LogP) is 4.59. The molecule has 1 N–H and O–H groups in total. The zero-order valence-electron chi connectivity index (χ0n) is 11.0. The molecule has 2 rings (SSSR count). The van der Waals surface area contributed by atoms with Crippen LogP contribution < -0.4 is 5.32 Å². The quantitative estimate of drug-likeness (QED) is 0.846. The van der Waals surface area contributed by atoms with E-state index in [4.69, 9.17) is 16.9 Å². The maximum atomic E-state index is 8.97. The van der Waals surface area contributed by atoms with Crippen molar-refractivity contribution in [3.05, 3.63) is 28.8 Å². The molecule has 3 heteroatoms. The summed E-state index contributed by atoms with van der Waals surface area (Å²) in [6, 6.07) is 8.19. The predicted molar refractivity (Wildman–Crippen MR) is 75.8 cm³/mol. The van der Waals surface area contributed by atoms with Crippen LogP contribution in [0.1, 0.15) is 45.1 Å². The third-order valence-electron chi connectivity index (χ3n) is 3.66. The van der Waals surface area contributed by atoms with Gasteiger partial charge in [0, 0.05) is 11.7 Å². The number of hydrogen-bond acceptors (Lipinski definition) is 2. The first-order valence-corrected chi connectivity index (χ1v) is 6.84. The lowest BCUT2D eigenvalue weighted by atomic mass is 9.75. The van der Waals surface area contributed by atoms with Crippen LogP contribution in [0.2, 0.25) is 5.02 Å². The molecular formula is C15H19ClN2. The first kappa shape index (κ1) is 13.2. The smallest absolute Gasteiger partial charge is 0.101 e. The monoisotopic (exact) mass is 262 g/mol. The number of benzene rings is 1. The Labute approximate surface area is 114 Å². The summed E-state index contributed by atoms with van der Waals surface area (Å²) in [4.78, 5) is 0. The van der Waals surface area contributed by atoms with Gasteiger partial charge in [-0.3, -0.25) is 0 Å². The Hall–Kier alpha value is -1.20. The zero-order chi connectivity index (χ0) is 13.2. The molecule has 0 radical (unpaired) electrons. The third-order valence-corrected chi connectivity index (χ3v) is 3.99. The second-order valence-corrected chi connectivity index (χ2v) is 6.32. The van der Waals surface area contributed by atoms with Crippen LogP contribution in [-0.2, 0) is 0 Å². The van der Waals surface area contributed by atoms with E-state index in [9.17, 15) is 0 Å². The van der Waals surface area contributed by atoms with E-state index in [0.717, 1.165) is 5.69 Å². The standard InChI is InChI=1S/C15H19ClN2/c1-15(2)7-3-4-13(9-15)18-12-5-6-14(16)11(8-12)10-17/h5-6,8,13,18H,3-4,7,9H2,1-2H3. The van der Waals surface area contributed by atoms with E-state index in [1.165, 1.54) is 25.7 Å². The van der Waals surface area contributed by atoms with E-state index in [1.54, 1.807) is 6.07 Å². The highest BCUT2D eigenvalue weighted by molar-refractivity contribution is 6.31. The molecule has 96 valence electrons. The molecule has 1 atom stereocenters. The molecule has 1 aliphatic rings. The lowest BCUT2D eigenvalue weighted by Gasteiger charge is -2.36. The largest absolute Gasteiger partial charge is 0.382 e. The highest BCUT2D eigenvalue weighted by atomic mass is 35.5. The summed E-state index contributed by atoms with van der Waals surface area (Å²) in [5, 5.41) is 13.0. The van der Waals surface area contributed by atoms with Gasteiger partial charge in [-0.05, 0) is 42.9 Å². The molecule has 0 bridgehead atoms. The van der Waals surface area contributed by atoms with Crippen LogP contribution in [0.3, 0.4) is 0 Å². The van der Waals surface area contributed by atoms with Gasteiger partial charge in [-0.2, -0.15) is 5.26 Å². The van der Waals surface area contributed by atoms with Crippen molar-refractivity contribution < 1.29 is 0 Å². The van der Waals surface area contributed by atoms with Crippen LogP contribution in [0.15, 0.2) is 18.2 Å². The van der Waals surface area contributed by atoms with Gasteiger partial charge in [-0.1, -0.05) is 31.9 Å². The number of rotatable bonds is 2. The highest BCUT2D eigenvalue weighted by Crippen LogP contribution is 2.36. The lowest BCUT2D eigenvalue weighted by molar-refractivity contribution is 0.229. The zero-order valence-corrected chi connectivity index (χ0v) is 11.7. The number of nitriles is 1. The van der Waals surface area contributed by atoms with Gasteiger partial charge in [0.2, 0.25) is 0 Å².